The van der Waals surface area contributed by atoms with Crippen molar-refractivity contribution < 1.29 is 4.79 Å². The van der Waals surface area contributed by atoms with Crippen molar-refractivity contribution in [3.8, 4) is 0 Å². The predicted molar refractivity (Wildman–Crippen MR) is 84.3 cm³/mol. The number of carbonyl (C=O) groups is 1. The highest BCUT2D eigenvalue weighted by atomic mass is 32.1. The monoisotopic (exact) mass is 289 g/mol. The van der Waals surface area contributed by atoms with Gasteiger partial charge >= 0.3 is 0 Å². The number of hydrogen-bond acceptors (Lipinski definition) is 4. The molecule has 0 spiro atoms. The second kappa shape index (κ2) is 6.52. The van der Waals surface area contributed by atoms with Crippen molar-refractivity contribution in [2.45, 2.75) is 26.7 Å². The zero-order valence-electron chi connectivity index (χ0n) is 11.8. The lowest BCUT2D eigenvalue weighted by molar-refractivity contribution is 0.0989. The molecule has 0 bridgehead atoms. The lowest BCUT2D eigenvalue weighted by Gasteiger charge is -2.22. The predicted octanol–water partition coefficient (Wildman–Crippen LogP) is 3.48. The van der Waals surface area contributed by atoms with Crippen molar-refractivity contribution in [2.75, 3.05) is 17.2 Å². The second-order valence-corrected chi connectivity index (χ2v) is 5.64. The van der Waals surface area contributed by atoms with Gasteiger partial charge in [0.25, 0.3) is 5.91 Å². The minimum Gasteiger partial charge on any atom is -0.375 e. The Hall–Kier alpha value is -1.88. The van der Waals surface area contributed by atoms with Crippen LogP contribution in [-0.4, -0.2) is 17.4 Å². The molecule has 0 saturated carbocycles. The summed E-state index contributed by atoms with van der Waals surface area (Å²) in [6.45, 7) is 4.64. The third kappa shape index (κ3) is 3.17. The summed E-state index contributed by atoms with van der Waals surface area (Å²) in [4.78, 5) is 19.3. The molecule has 0 radical (unpaired) electrons. The molecule has 5 heteroatoms. The number of para-hydroxylation sites is 1. The van der Waals surface area contributed by atoms with Crippen LogP contribution < -0.4 is 10.6 Å². The molecule has 0 atom stereocenters. The summed E-state index contributed by atoms with van der Waals surface area (Å²) in [5.74, 6) is -0.0173. The lowest BCUT2D eigenvalue weighted by atomic mass is 10.2. The minimum atomic E-state index is -0.0173. The van der Waals surface area contributed by atoms with Gasteiger partial charge in [0.1, 0.15) is 4.88 Å². The number of aryl methyl sites for hydroxylation is 1. The van der Waals surface area contributed by atoms with Crippen LogP contribution >= 0.6 is 11.3 Å². The van der Waals surface area contributed by atoms with E-state index in [1.165, 1.54) is 11.3 Å². The van der Waals surface area contributed by atoms with Crippen molar-refractivity contribution in [1.29, 1.82) is 0 Å². The number of anilines is 2. The Morgan fingerprint density at radius 3 is 2.60 bits per heavy atom. The van der Waals surface area contributed by atoms with Gasteiger partial charge in [-0.2, -0.15) is 0 Å². The summed E-state index contributed by atoms with van der Waals surface area (Å²) in [5.41, 5.74) is 7.31. The molecule has 0 unspecified atom stereocenters. The normalized spacial score (nSPS) is 10.5. The maximum absolute atomic E-state index is 12.7. The first kappa shape index (κ1) is 14.5. The number of nitrogens with zero attached hydrogens (tertiary/aromatic N) is 2. The molecule has 20 heavy (non-hydrogen) atoms. The van der Waals surface area contributed by atoms with E-state index in [2.05, 4.69) is 11.9 Å². The van der Waals surface area contributed by atoms with Crippen LogP contribution in [0.2, 0.25) is 0 Å². The third-order valence-electron chi connectivity index (χ3n) is 3.06. The molecule has 0 fully saturated rings. The average molecular weight is 289 g/mol. The van der Waals surface area contributed by atoms with E-state index in [4.69, 9.17) is 5.73 Å². The van der Waals surface area contributed by atoms with E-state index in [0.717, 1.165) is 18.5 Å². The molecule has 2 rings (SSSR count). The van der Waals surface area contributed by atoms with Gasteiger partial charge in [-0.3, -0.25) is 4.79 Å². The Kier molecular flexibility index (Phi) is 4.74. The number of nitrogen functional groups attached to an aromatic ring is 1. The summed E-state index contributed by atoms with van der Waals surface area (Å²) in [7, 11) is 0. The Balaban J connectivity index is 2.31. The van der Waals surface area contributed by atoms with Gasteiger partial charge in [-0.05, 0) is 25.5 Å². The van der Waals surface area contributed by atoms with Crippen molar-refractivity contribution in [3.05, 3.63) is 40.9 Å². The average Bonchev–Trinajstić information content (AvgIpc) is 2.79. The fourth-order valence-electron chi connectivity index (χ4n) is 2.01. The fraction of sp³-hybridized carbons (Fsp3) is 0.333. The first-order valence-electron chi connectivity index (χ1n) is 6.73. The molecule has 1 amide bonds. The Labute approximate surface area is 123 Å². The van der Waals surface area contributed by atoms with Crippen molar-refractivity contribution in [1.82, 2.24) is 4.98 Å². The standard InChI is InChI=1S/C15H19N3OS/c1-3-4-10-18(12-8-6-5-7-9-12)14(19)13-11(2)17-15(16)20-13/h5-9H,3-4,10H2,1-2H3,(H2,16,17). The van der Waals surface area contributed by atoms with E-state index in [1.54, 1.807) is 0 Å². The summed E-state index contributed by atoms with van der Waals surface area (Å²) >= 11 is 1.25. The highest BCUT2D eigenvalue weighted by Gasteiger charge is 2.21. The van der Waals surface area contributed by atoms with E-state index >= 15 is 0 Å². The highest BCUT2D eigenvalue weighted by Crippen LogP contribution is 2.24. The molecular formula is C15H19N3OS. The van der Waals surface area contributed by atoms with E-state index in [1.807, 2.05) is 42.2 Å². The third-order valence-corrected chi connectivity index (χ3v) is 4.03. The van der Waals surface area contributed by atoms with Crippen molar-refractivity contribution in [3.63, 3.8) is 0 Å². The van der Waals surface area contributed by atoms with Gasteiger partial charge in [0.05, 0.1) is 5.69 Å². The first-order chi connectivity index (χ1) is 9.63. The summed E-state index contributed by atoms with van der Waals surface area (Å²) < 4.78 is 0. The number of carbonyl (C=O) groups excluding carboxylic acids is 1. The zero-order valence-corrected chi connectivity index (χ0v) is 12.6. The number of thiazole rings is 1. The van der Waals surface area contributed by atoms with Crippen LogP contribution in [0.1, 0.15) is 35.1 Å². The van der Waals surface area contributed by atoms with E-state index < -0.39 is 0 Å². The summed E-state index contributed by atoms with van der Waals surface area (Å²) in [6.07, 6.45) is 2.01. The van der Waals surface area contributed by atoms with Crippen LogP contribution in [-0.2, 0) is 0 Å². The number of benzene rings is 1. The van der Waals surface area contributed by atoms with Crippen LogP contribution in [0.15, 0.2) is 30.3 Å². The van der Waals surface area contributed by atoms with E-state index in [-0.39, 0.29) is 5.91 Å². The molecule has 4 nitrogen and oxygen atoms in total. The quantitative estimate of drug-likeness (QED) is 0.916. The molecule has 0 aliphatic heterocycles. The second-order valence-electron chi connectivity index (χ2n) is 4.61. The van der Waals surface area contributed by atoms with E-state index in [0.29, 0.717) is 22.2 Å². The zero-order chi connectivity index (χ0) is 14.5. The number of hydrogen-bond donors (Lipinski definition) is 1. The number of amides is 1. The lowest BCUT2D eigenvalue weighted by Crippen LogP contribution is -2.31. The van der Waals surface area contributed by atoms with Gasteiger partial charge in [0.2, 0.25) is 0 Å². The molecule has 1 aromatic heterocycles. The van der Waals surface area contributed by atoms with Gasteiger partial charge in [-0.25, -0.2) is 4.98 Å². The van der Waals surface area contributed by atoms with Crippen LogP contribution in [0.4, 0.5) is 10.8 Å². The number of nitrogens with two attached hydrogens (primary N) is 1. The van der Waals surface area contributed by atoms with Gasteiger partial charge < -0.3 is 10.6 Å². The van der Waals surface area contributed by atoms with Gasteiger partial charge in [-0.1, -0.05) is 42.9 Å². The number of rotatable bonds is 5. The first-order valence-corrected chi connectivity index (χ1v) is 7.55. The maximum atomic E-state index is 12.7. The number of unbranched alkanes of at least 4 members (excludes halogenated alkanes) is 1. The Bertz CT molecular complexity index is 580. The van der Waals surface area contributed by atoms with Gasteiger partial charge in [0, 0.05) is 12.2 Å². The summed E-state index contributed by atoms with van der Waals surface area (Å²) in [5, 5.41) is 0.439. The van der Waals surface area contributed by atoms with Crippen LogP contribution in [0.5, 0.6) is 0 Å². The van der Waals surface area contributed by atoms with Gasteiger partial charge in [0.15, 0.2) is 5.13 Å². The molecule has 1 aromatic carbocycles. The molecular weight excluding hydrogens is 270 g/mol. The molecule has 0 aliphatic rings. The fourth-order valence-corrected chi connectivity index (χ4v) is 2.79. The van der Waals surface area contributed by atoms with Crippen LogP contribution in [0.3, 0.4) is 0 Å². The largest absolute Gasteiger partial charge is 0.375 e. The van der Waals surface area contributed by atoms with Crippen molar-refractivity contribution in [2.24, 2.45) is 0 Å². The minimum absolute atomic E-state index is 0.0173. The van der Waals surface area contributed by atoms with Gasteiger partial charge in [-0.15, -0.1) is 0 Å². The van der Waals surface area contributed by atoms with E-state index in [9.17, 15) is 4.79 Å². The molecule has 2 aromatic rings. The smallest absolute Gasteiger partial charge is 0.270 e. The molecule has 106 valence electrons. The Morgan fingerprint density at radius 1 is 1.35 bits per heavy atom. The van der Waals surface area contributed by atoms with Crippen LogP contribution in [0, 0.1) is 6.92 Å². The Morgan fingerprint density at radius 2 is 2.05 bits per heavy atom. The topological polar surface area (TPSA) is 59.2 Å². The molecule has 1 heterocycles. The SMILES string of the molecule is CCCCN(C(=O)c1sc(N)nc1C)c1ccccc1. The maximum Gasteiger partial charge on any atom is 0.270 e. The molecule has 0 aliphatic carbocycles. The summed E-state index contributed by atoms with van der Waals surface area (Å²) in [6, 6.07) is 9.73. The number of aromatic nitrogens is 1. The highest BCUT2D eigenvalue weighted by molar-refractivity contribution is 7.17. The molecule has 0 saturated heterocycles. The van der Waals surface area contributed by atoms with Crippen molar-refractivity contribution >= 4 is 28.1 Å². The molecule has 2 N–H and O–H groups in total. The van der Waals surface area contributed by atoms with Crippen LogP contribution in [0.25, 0.3) is 0 Å².